The average Bonchev–Trinajstić information content (AvgIpc) is 2.92. The topological polar surface area (TPSA) is 107 Å². The molecule has 126 valence electrons. The van der Waals surface area contributed by atoms with E-state index in [4.69, 9.17) is 16.3 Å². The molecule has 2 N–H and O–H groups in total. The first-order valence-electron chi connectivity index (χ1n) is 7.13. The van der Waals surface area contributed by atoms with Crippen LogP contribution >= 0.6 is 11.6 Å². The minimum Gasteiger partial charge on any atom is -0.476 e. The molecule has 0 aliphatic heterocycles. The van der Waals surface area contributed by atoms with Crippen LogP contribution in [0.1, 0.15) is 0 Å². The van der Waals surface area contributed by atoms with Gasteiger partial charge >= 0.3 is 5.69 Å². The SMILES string of the molecule is CNCCOc1nc(Cl)cc2c1c(=O)[nH]c(=O)n2-c1nccn1C. The molecule has 0 unspecified atom stereocenters. The van der Waals surface area contributed by atoms with E-state index < -0.39 is 11.2 Å². The summed E-state index contributed by atoms with van der Waals surface area (Å²) in [4.78, 5) is 35.1. The van der Waals surface area contributed by atoms with E-state index in [9.17, 15) is 9.59 Å². The number of pyridine rings is 1. The molecule has 9 nitrogen and oxygen atoms in total. The highest BCUT2D eigenvalue weighted by atomic mass is 35.5. The van der Waals surface area contributed by atoms with Gasteiger partial charge < -0.3 is 14.6 Å². The van der Waals surface area contributed by atoms with E-state index in [-0.39, 0.29) is 21.9 Å². The Bertz CT molecular complexity index is 1010. The highest BCUT2D eigenvalue weighted by Crippen LogP contribution is 2.24. The van der Waals surface area contributed by atoms with Crippen LogP contribution in [-0.4, -0.2) is 44.3 Å². The Labute approximate surface area is 140 Å². The van der Waals surface area contributed by atoms with Crippen LogP contribution in [0.5, 0.6) is 5.88 Å². The summed E-state index contributed by atoms with van der Waals surface area (Å²) >= 11 is 6.05. The molecular formula is C14H15ClN6O3. The zero-order valence-electron chi connectivity index (χ0n) is 13.0. The summed E-state index contributed by atoms with van der Waals surface area (Å²) in [6.07, 6.45) is 3.23. The van der Waals surface area contributed by atoms with Crippen molar-refractivity contribution in [3.05, 3.63) is 44.5 Å². The fraction of sp³-hybridized carbons (Fsp3) is 0.286. The average molecular weight is 351 g/mol. The zero-order chi connectivity index (χ0) is 17.3. The fourth-order valence-corrected chi connectivity index (χ4v) is 2.50. The molecule has 3 aromatic heterocycles. The third-order valence-corrected chi connectivity index (χ3v) is 3.61. The van der Waals surface area contributed by atoms with E-state index in [0.717, 1.165) is 0 Å². The number of aromatic amines is 1. The Morgan fingerprint density at radius 2 is 2.21 bits per heavy atom. The second-order valence-electron chi connectivity index (χ2n) is 5.03. The standard InChI is InChI=1S/C14H15ClN6O3/c1-16-4-6-24-12-10-8(7-9(15)18-12)21(14(23)19-11(10)22)13-17-3-5-20(13)2/h3,5,7,16H,4,6H2,1-2H3,(H,19,22,23). The van der Waals surface area contributed by atoms with Gasteiger partial charge in [-0.15, -0.1) is 0 Å². The number of hydrogen-bond acceptors (Lipinski definition) is 6. The van der Waals surface area contributed by atoms with E-state index in [1.54, 1.807) is 31.1 Å². The molecule has 3 heterocycles. The highest BCUT2D eigenvalue weighted by Gasteiger charge is 2.18. The second-order valence-corrected chi connectivity index (χ2v) is 5.42. The Balaban J connectivity index is 2.33. The van der Waals surface area contributed by atoms with Gasteiger partial charge in [-0.2, -0.15) is 0 Å². The molecule has 0 aliphatic rings. The molecular weight excluding hydrogens is 336 g/mol. The highest BCUT2D eigenvalue weighted by molar-refractivity contribution is 6.30. The van der Waals surface area contributed by atoms with E-state index >= 15 is 0 Å². The predicted octanol–water partition coefficient (Wildman–Crippen LogP) is 0.0591. The number of aromatic nitrogens is 5. The number of halogens is 1. The Morgan fingerprint density at radius 1 is 1.42 bits per heavy atom. The largest absolute Gasteiger partial charge is 0.476 e. The summed E-state index contributed by atoms with van der Waals surface area (Å²) in [5.74, 6) is 0.404. The maximum atomic E-state index is 12.3. The molecule has 10 heteroatoms. The number of nitrogens with zero attached hydrogens (tertiary/aromatic N) is 4. The van der Waals surface area contributed by atoms with Gasteiger partial charge in [0.1, 0.15) is 17.1 Å². The summed E-state index contributed by atoms with van der Waals surface area (Å²) < 4.78 is 8.45. The maximum Gasteiger partial charge on any atom is 0.335 e. The van der Waals surface area contributed by atoms with Gasteiger partial charge in [-0.3, -0.25) is 9.78 Å². The normalized spacial score (nSPS) is 11.1. The van der Waals surface area contributed by atoms with Crippen LogP contribution < -0.4 is 21.3 Å². The number of ether oxygens (including phenoxy) is 1. The van der Waals surface area contributed by atoms with Gasteiger partial charge in [0.2, 0.25) is 11.8 Å². The third-order valence-electron chi connectivity index (χ3n) is 3.41. The molecule has 0 spiro atoms. The number of fused-ring (bicyclic) bond motifs is 1. The van der Waals surface area contributed by atoms with Crippen molar-refractivity contribution in [1.82, 2.24) is 29.4 Å². The molecule has 0 fully saturated rings. The maximum absolute atomic E-state index is 12.3. The summed E-state index contributed by atoms with van der Waals surface area (Å²) in [5.41, 5.74) is -0.938. The summed E-state index contributed by atoms with van der Waals surface area (Å²) in [5, 5.41) is 3.17. The van der Waals surface area contributed by atoms with Gasteiger partial charge in [0.05, 0.1) is 5.52 Å². The van der Waals surface area contributed by atoms with E-state index in [2.05, 4.69) is 20.3 Å². The van der Waals surface area contributed by atoms with Crippen molar-refractivity contribution in [2.75, 3.05) is 20.2 Å². The number of likely N-dealkylation sites (N-methyl/N-ethyl adjacent to an activating group) is 1. The monoisotopic (exact) mass is 350 g/mol. The molecule has 3 rings (SSSR count). The van der Waals surface area contributed by atoms with E-state index in [1.165, 1.54) is 10.6 Å². The minimum atomic E-state index is -0.620. The van der Waals surface area contributed by atoms with Gasteiger partial charge in [0.25, 0.3) is 5.56 Å². The Hall–Kier alpha value is -2.65. The van der Waals surface area contributed by atoms with Gasteiger partial charge in [0, 0.05) is 32.1 Å². The molecule has 3 aromatic rings. The molecule has 0 saturated carbocycles. The third kappa shape index (κ3) is 2.79. The molecule has 0 bridgehead atoms. The van der Waals surface area contributed by atoms with Crippen LogP contribution in [-0.2, 0) is 7.05 Å². The van der Waals surface area contributed by atoms with Gasteiger partial charge in [-0.1, -0.05) is 11.6 Å². The van der Waals surface area contributed by atoms with Gasteiger partial charge in [-0.25, -0.2) is 19.3 Å². The lowest BCUT2D eigenvalue weighted by Crippen LogP contribution is -2.31. The Morgan fingerprint density at radius 3 is 2.88 bits per heavy atom. The summed E-state index contributed by atoms with van der Waals surface area (Å²) in [6, 6.07) is 1.44. The lowest BCUT2D eigenvalue weighted by Gasteiger charge is -2.12. The van der Waals surface area contributed by atoms with Crippen LogP contribution in [0.2, 0.25) is 5.15 Å². The molecule has 0 amide bonds. The second kappa shape index (κ2) is 6.46. The van der Waals surface area contributed by atoms with Gasteiger partial charge in [0.15, 0.2) is 0 Å². The number of imidazole rings is 1. The minimum absolute atomic E-state index is 0.0666. The number of nitrogens with one attached hydrogen (secondary N) is 2. The van der Waals surface area contributed by atoms with Crippen LogP contribution in [0, 0.1) is 0 Å². The van der Waals surface area contributed by atoms with Crippen LogP contribution in [0.3, 0.4) is 0 Å². The van der Waals surface area contributed by atoms with Crippen molar-refractivity contribution >= 4 is 22.5 Å². The summed E-state index contributed by atoms with van der Waals surface area (Å²) in [6.45, 7) is 0.854. The van der Waals surface area contributed by atoms with Gasteiger partial charge in [-0.05, 0) is 7.05 Å². The van der Waals surface area contributed by atoms with E-state index in [0.29, 0.717) is 19.1 Å². The lowest BCUT2D eigenvalue weighted by molar-refractivity contribution is 0.310. The first-order chi connectivity index (χ1) is 11.5. The number of aryl methyl sites for hydroxylation is 1. The van der Waals surface area contributed by atoms with Crippen molar-refractivity contribution in [2.24, 2.45) is 7.05 Å². The first kappa shape index (κ1) is 16.2. The van der Waals surface area contributed by atoms with E-state index in [1.807, 2.05) is 0 Å². The number of H-pyrrole nitrogens is 1. The van der Waals surface area contributed by atoms with Crippen molar-refractivity contribution in [3.8, 4) is 11.8 Å². The molecule has 0 aliphatic carbocycles. The first-order valence-corrected chi connectivity index (χ1v) is 7.51. The van der Waals surface area contributed by atoms with Crippen molar-refractivity contribution in [2.45, 2.75) is 0 Å². The molecule has 0 saturated heterocycles. The molecule has 0 radical (unpaired) electrons. The molecule has 0 aromatic carbocycles. The molecule has 0 atom stereocenters. The fourth-order valence-electron chi connectivity index (χ4n) is 2.32. The van der Waals surface area contributed by atoms with Crippen LogP contribution in [0.25, 0.3) is 16.9 Å². The van der Waals surface area contributed by atoms with Crippen LogP contribution in [0.4, 0.5) is 0 Å². The van der Waals surface area contributed by atoms with Crippen molar-refractivity contribution in [3.63, 3.8) is 0 Å². The number of rotatable bonds is 5. The Kier molecular flexibility index (Phi) is 4.36. The quantitative estimate of drug-likeness (QED) is 0.498. The van der Waals surface area contributed by atoms with Crippen LogP contribution in [0.15, 0.2) is 28.0 Å². The molecule has 24 heavy (non-hydrogen) atoms. The smallest absolute Gasteiger partial charge is 0.335 e. The van der Waals surface area contributed by atoms with Crippen molar-refractivity contribution < 1.29 is 4.74 Å². The lowest BCUT2D eigenvalue weighted by atomic mass is 10.3. The summed E-state index contributed by atoms with van der Waals surface area (Å²) in [7, 11) is 3.51. The number of hydrogen-bond donors (Lipinski definition) is 2. The predicted molar refractivity (Wildman–Crippen MR) is 89.2 cm³/mol. The van der Waals surface area contributed by atoms with Crippen molar-refractivity contribution in [1.29, 1.82) is 0 Å². The zero-order valence-corrected chi connectivity index (χ0v) is 13.8.